The van der Waals surface area contributed by atoms with Crippen molar-refractivity contribution in [3.63, 3.8) is 0 Å². The summed E-state index contributed by atoms with van der Waals surface area (Å²) >= 11 is 0. The molecule has 1 unspecified atom stereocenters. The molecule has 11 nitrogen and oxygen atoms in total. The van der Waals surface area contributed by atoms with E-state index in [1.807, 2.05) is 32.7 Å². The Morgan fingerprint density at radius 3 is 2.76 bits per heavy atom. The van der Waals surface area contributed by atoms with Crippen molar-refractivity contribution >= 4 is 11.9 Å². The number of ether oxygens (including phenoxy) is 3. The Morgan fingerprint density at radius 1 is 1.26 bits per heavy atom. The molecule has 0 bridgehead atoms. The van der Waals surface area contributed by atoms with E-state index in [0.29, 0.717) is 56.4 Å². The molecule has 0 spiro atoms. The van der Waals surface area contributed by atoms with Crippen LogP contribution in [-0.2, 0) is 16.1 Å². The summed E-state index contributed by atoms with van der Waals surface area (Å²) in [6.07, 6.45) is 8.48. The highest BCUT2D eigenvalue weighted by Crippen LogP contribution is 2.47. The summed E-state index contributed by atoms with van der Waals surface area (Å²) in [5, 5.41) is 10.4. The number of nitrogens with zero attached hydrogens (tertiary/aromatic N) is 4. The second-order valence-corrected chi connectivity index (χ2v) is 9.89. The fourth-order valence-corrected chi connectivity index (χ4v) is 5.52. The highest BCUT2D eigenvalue weighted by Gasteiger charge is 2.47. The maximum atomic E-state index is 13.5. The van der Waals surface area contributed by atoms with Crippen LogP contribution in [-0.4, -0.2) is 89.0 Å². The van der Waals surface area contributed by atoms with E-state index in [-0.39, 0.29) is 31.2 Å². The van der Waals surface area contributed by atoms with Gasteiger partial charge in [0.05, 0.1) is 25.9 Å². The second kappa shape index (κ2) is 13.0. The number of nitrogens with two attached hydrogens (primary N) is 1. The Kier molecular flexibility index (Phi) is 9.46. The fraction of sp³-hybridized carbons (Fsp3) is 0.593. The number of carbonyl (C=O) groups is 2. The SMILES string of the molecule is CCCCN(CCCN)C(=O)CN1C[C@H](c2cc(OC)c3c(c2)OCO3)C(C(=O)O)[C@@H]1CCn1ccnc1. The van der Waals surface area contributed by atoms with Crippen LogP contribution in [0.1, 0.15) is 44.1 Å². The van der Waals surface area contributed by atoms with Crippen molar-refractivity contribution in [1.82, 2.24) is 19.4 Å². The third-order valence-electron chi connectivity index (χ3n) is 7.49. The van der Waals surface area contributed by atoms with Gasteiger partial charge < -0.3 is 34.5 Å². The highest BCUT2D eigenvalue weighted by atomic mass is 16.7. The number of carbonyl (C=O) groups excluding carboxylic acids is 1. The van der Waals surface area contributed by atoms with Crippen LogP contribution in [0.15, 0.2) is 30.9 Å². The van der Waals surface area contributed by atoms with Crippen molar-refractivity contribution in [2.45, 2.75) is 51.1 Å². The van der Waals surface area contributed by atoms with Gasteiger partial charge in [-0.1, -0.05) is 13.3 Å². The van der Waals surface area contributed by atoms with Gasteiger partial charge in [0.2, 0.25) is 18.4 Å². The molecule has 3 heterocycles. The summed E-state index contributed by atoms with van der Waals surface area (Å²) in [6.45, 7) is 5.17. The van der Waals surface area contributed by atoms with Gasteiger partial charge in [-0.3, -0.25) is 14.5 Å². The van der Waals surface area contributed by atoms with E-state index in [0.717, 1.165) is 24.8 Å². The van der Waals surface area contributed by atoms with Crippen LogP contribution in [0.25, 0.3) is 0 Å². The fourth-order valence-electron chi connectivity index (χ4n) is 5.52. The number of carboxylic acids is 1. The van der Waals surface area contributed by atoms with Crippen LogP contribution in [0.2, 0.25) is 0 Å². The molecule has 2 aliphatic rings. The van der Waals surface area contributed by atoms with E-state index in [2.05, 4.69) is 11.9 Å². The Morgan fingerprint density at radius 2 is 2.08 bits per heavy atom. The van der Waals surface area contributed by atoms with Crippen LogP contribution < -0.4 is 19.9 Å². The monoisotopic (exact) mass is 529 g/mol. The van der Waals surface area contributed by atoms with Crippen LogP contribution in [0.5, 0.6) is 17.2 Å². The number of hydrogen-bond acceptors (Lipinski definition) is 8. The quantitative estimate of drug-likeness (QED) is 0.378. The van der Waals surface area contributed by atoms with Gasteiger partial charge in [0.25, 0.3) is 0 Å². The molecule has 1 fully saturated rings. The molecule has 11 heteroatoms. The number of amides is 1. The van der Waals surface area contributed by atoms with Crippen LogP contribution in [0.3, 0.4) is 0 Å². The normalized spacial score (nSPS) is 20.6. The minimum atomic E-state index is -0.886. The zero-order valence-electron chi connectivity index (χ0n) is 22.3. The molecule has 1 aromatic heterocycles. The molecule has 3 atom stereocenters. The zero-order chi connectivity index (χ0) is 27.1. The Bertz CT molecular complexity index is 1070. The standard InChI is InChI=1S/C27H39N5O6/c1-3-4-9-31(10-5-7-28)24(33)16-32-15-20(19-13-22(36-2)26-23(14-19)37-18-38-26)25(27(34)35)21(32)6-11-30-12-8-29-17-30/h8,12-14,17,20-21,25H,3-7,9-11,15-16,18,28H2,1-2H3,(H,34,35)/t20-,21+,25?/m1/s1. The van der Waals surface area contributed by atoms with Crippen molar-refractivity contribution < 1.29 is 28.9 Å². The first-order chi connectivity index (χ1) is 18.5. The molecule has 2 aromatic rings. The first kappa shape index (κ1) is 27.7. The summed E-state index contributed by atoms with van der Waals surface area (Å²) < 4.78 is 18.6. The number of unbranched alkanes of at least 4 members (excludes halogenated alkanes) is 1. The molecular weight excluding hydrogens is 490 g/mol. The Hall–Kier alpha value is -3.31. The molecular formula is C27H39N5O6. The molecule has 2 aliphatic heterocycles. The summed E-state index contributed by atoms with van der Waals surface area (Å²) in [7, 11) is 1.55. The predicted molar refractivity (Wildman–Crippen MR) is 140 cm³/mol. The topological polar surface area (TPSA) is 132 Å². The smallest absolute Gasteiger partial charge is 0.308 e. The predicted octanol–water partition coefficient (Wildman–Crippen LogP) is 2.16. The number of fused-ring (bicyclic) bond motifs is 1. The minimum Gasteiger partial charge on any atom is -0.493 e. The number of imidazole rings is 1. The van der Waals surface area contributed by atoms with Crippen LogP contribution in [0.4, 0.5) is 0 Å². The number of hydrogen-bond donors (Lipinski definition) is 2. The van der Waals surface area contributed by atoms with Crippen molar-refractivity contribution in [3.05, 3.63) is 36.4 Å². The molecule has 3 N–H and O–H groups in total. The number of aromatic nitrogens is 2. The van der Waals surface area contributed by atoms with E-state index in [9.17, 15) is 14.7 Å². The molecule has 1 amide bonds. The van der Waals surface area contributed by atoms with Crippen LogP contribution >= 0.6 is 0 Å². The van der Waals surface area contributed by atoms with Gasteiger partial charge in [0.1, 0.15) is 0 Å². The lowest BCUT2D eigenvalue weighted by Gasteiger charge is -2.30. The number of rotatable bonds is 14. The minimum absolute atomic E-state index is 0.00702. The third kappa shape index (κ3) is 6.21. The molecule has 4 rings (SSSR count). The Labute approximate surface area is 223 Å². The summed E-state index contributed by atoms with van der Waals surface area (Å²) in [5.41, 5.74) is 6.52. The number of likely N-dealkylation sites (tertiary alicyclic amines) is 1. The molecule has 0 radical (unpaired) electrons. The highest BCUT2D eigenvalue weighted by molar-refractivity contribution is 5.79. The largest absolute Gasteiger partial charge is 0.493 e. The van der Waals surface area contributed by atoms with E-state index in [1.165, 1.54) is 0 Å². The lowest BCUT2D eigenvalue weighted by atomic mass is 9.84. The van der Waals surface area contributed by atoms with E-state index >= 15 is 0 Å². The van der Waals surface area contributed by atoms with E-state index in [4.69, 9.17) is 19.9 Å². The number of benzene rings is 1. The molecule has 1 aromatic carbocycles. The second-order valence-electron chi connectivity index (χ2n) is 9.89. The van der Waals surface area contributed by atoms with Gasteiger partial charge in [0, 0.05) is 50.5 Å². The first-order valence-electron chi connectivity index (χ1n) is 13.3. The number of aryl methyl sites for hydroxylation is 1. The summed E-state index contributed by atoms with van der Waals surface area (Å²) in [5.74, 6) is -0.377. The average molecular weight is 530 g/mol. The number of aliphatic carboxylic acids is 1. The van der Waals surface area contributed by atoms with Gasteiger partial charge in [-0.25, -0.2) is 4.98 Å². The van der Waals surface area contributed by atoms with Gasteiger partial charge in [-0.2, -0.15) is 0 Å². The zero-order valence-corrected chi connectivity index (χ0v) is 22.3. The molecule has 0 aliphatic carbocycles. The molecule has 38 heavy (non-hydrogen) atoms. The van der Waals surface area contributed by atoms with Crippen LogP contribution in [0, 0.1) is 5.92 Å². The molecule has 208 valence electrons. The molecule has 0 saturated carbocycles. The van der Waals surface area contributed by atoms with Crippen molar-refractivity contribution in [2.24, 2.45) is 11.7 Å². The molecule has 1 saturated heterocycles. The number of methoxy groups -OCH3 is 1. The average Bonchev–Trinajstić information content (AvgIpc) is 3.67. The Balaban J connectivity index is 1.62. The van der Waals surface area contributed by atoms with Gasteiger partial charge in [-0.05, 0) is 43.5 Å². The summed E-state index contributed by atoms with van der Waals surface area (Å²) in [6, 6.07) is 3.34. The van der Waals surface area contributed by atoms with Gasteiger partial charge >= 0.3 is 5.97 Å². The van der Waals surface area contributed by atoms with Gasteiger partial charge in [0.15, 0.2) is 11.5 Å². The number of carboxylic acid groups (broad SMARTS) is 1. The first-order valence-corrected chi connectivity index (χ1v) is 13.3. The lowest BCUT2D eigenvalue weighted by molar-refractivity contribution is -0.144. The third-order valence-corrected chi connectivity index (χ3v) is 7.49. The van der Waals surface area contributed by atoms with Crippen molar-refractivity contribution in [1.29, 1.82) is 0 Å². The van der Waals surface area contributed by atoms with Gasteiger partial charge in [-0.15, -0.1) is 0 Å². The van der Waals surface area contributed by atoms with E-state index < -0.39 is 11.9 Å². The maximum Gasteiger partial charge on any atom is 0.308 e. The van der Waals surface area contributed by atoms with Crippen molar-refractivity contribution in [3.8, 4) is 17.2 Å². The van der Waals surface area contributed by atoms with Crippen molar-refractivity contribution in [2.75, 3.05) is 46.6 Å². The summed E-state index contributed by atoms with van der Waals surface area (Å²) in [4.78, 5) is 34.3. The lowest BCUT2D eigenvalue weighted by Crippen LogP contribution is -2.45. The maximum absolute atomic E-state index is 13.5. The van der Waals surface area contributed by atoms with E-state index in [1.54, 1.807) is 19.6 Å².